The number of allylic oxidation sites excluding steroid dienone is 1. The summed E-state index contributed by atoms with van der Waals surface area (Å²) in [7, 11) is 3.39. The molecular weight excluding hydrogens is 404 g/mol. The molecule has 0 amide bonds. The number of hydrogen-bond donors (Lipinski definition) is 2. The molecule has 1 aromatic carbocycles. The van der Waals surface area contributed by atoms with E-state index in [1.165, 1.54) is 0 Å². The van der Waals surface area contributed by atoms with Crippen LogP contribution in [0.5, 0.6) is 11.5 Å². The maximum Gasteiger partial charge on any atom is 0.163 e. The quantitative estimate of drug-likeness (QED) is 0.241. The highest BCUT2D eigenvalue weighted by Crippen LogP contribution is 2.32. The lowest BCUT2D eigenvalue weighted by molar-refractivity contribution is -0.0616. The molecule has 0 aliphatic carbocycles. The van der Waals surface area contributed by atoms with E-state index in [-0.39, 0.29) is 11.2 Å². The van der Waals surface area contributed by atoms with Crippen LogP contribution in [0.1, 0.15) is 72.3 Å². The fourth-order valence-corrected chi connectivity index (χ4v) is 3.28. The molecule has 0 bridgehead atoms. The van der Waals surface area contributed by atoms with Gasteiger partial charge >= 0.3 is 0 Å². The molecule has 1 rings (SSSR count). The molecule has 0 spiro atoms. The summed E-state index contributed by atoms with van der Waals surface area (Å²) >= 11 is 0. The van der Waals surface area contributed by atoms with Gasteiger partial charge in [-0.25, -0.2) is 0 Å². The summed E-state index contributed by atoms with van der Waals surface area (Å²) in [5.74, 6) is 1.42. The van der Waals surface area contributed by atoms with Crippen LogP contribution < -0.4 is 20.5 Å². The van der Waals surface area contributed by atoms with Crippen LogP contribution in [0, 0.1) is 0 Å². The van der Waals surface area contributed by atoms with Crippen LogP contribution in [-0.4, -0.2) is 45.2 Å². The first-order valence-corrected chi connectivity index (χ1v) is 11.7. The number of aryl methyl sites for hydroxylation is 1. The van der Waals surface area contributed by atoms with E-state index in [9.17, 15) is 0 Å². The first-order valence-electron chi connectivity index (χ1n) is 11.7. The number of nitrogens with one attached hydrogen (secondary N) is 1. The smallest absolute Gasteiger partial charge is 0.163 e. The number of methoxy groups -OCH3 is 2. The molecule has 0 radical (unpaired) electrons. The standard InChI is InChI=1S/C26H46N2O4/c1-9-21-18-23(29-7)24(19-22(21)27)31-16-10-12-20(2)28-15-11-13-26(5,6)32-17-14-25(3,4)30-8/h18-19,28H,2,9-17,27H2,1,3-8H3. The van der Waals surface area contributed by atoms with Gasteiger partial charge in [-0.1, -0.05) is 13.5 Å². The van der Waals surface area contributed by atoms with Gasteiger partial charge in [0.25, 0.3) is 0 Å². The van der Waals surface area contributed by atoms with E-state index in [0.29, 0.717) is 19.0 Å². The van der Waals surface area contributed by atoms with Gasteiger partial charge in [0.1, 0.15) is 0 Å². The summed E-state index contributed by atoms with van der Waals surface area (Å²) in [6.45, 7) is 16.8. The lowest BCUT2D eigenvalue weighted by atomic mass is 10.0. The molecule has 0 heterocycles. The molecule has 0 aliphatic rings. The maximum atomic E-state index is 6.08. The molecule has 32 heavy (non-hydrogen) atoms. The first kappa shape index (κ1) is 28.1. The highest BCUT2D eigenvalue weighted by molar-refractivity contribution is 5.57. The minimum Gasteiger partial charge on any atom is -0.493 e. The second kappa shape index (κ2) is 13.6. The Kier molecular flexibility index (Phi) is 11.9. The minimum absolute atomic E-state index is 0.143. The molecule has 6 nitrogen and oxygen atoms in total. The third-order valence-corrected chi connectivity index (χ3v) is 5.77. The van der Waals surface area contributed by atoms with Gasteiger partial charge in [-0.15, -0.1) is 0 Å². The summed E-state index contributed by atoms with van der Waals surface area (Å²) in [5.41, 5.74) is 8.64. The Labute approximate surface area is 195 Å². The lowest BCUT2D eigenvalue weighted by Gasteiger charge is -2.29. The third kappa shape index (κ3) is 10.6. The Morgan fingerprint density at radius 2 is 1.72 bits per heavy atom. The summed E-state index contributed by atoms with van der Waals surface area (Å²) < 4.78 is 22.9. The molecule has 0 atom stereocenters. The van der Waals surface area contributed by atoms with Crippen LogP contribution >= 0.6 is 0 Å². The Balaban J connectivity index is 2.23. The monoisotopic (exact) mass is 450 g/mol. The average Bonchev–Trinajstić information content (AvgIpc) is 2.74. The van der Waals surface area contributed by atoms with Crippen LogP contribution in [0.15, 0.2) is 24.4 Å². The second-order valence-corrected chi connectivity index (χ2v) is 9.46. The number of nitrogen functional groups attached to an aromatic ring is 1. The molecule has 0 aliphatic heterocycles. The molecule has 0 aromatic heterocycles. The predicted octanol–water partition coefficient (Wildman–Crippen LogP) is 5.49. The third-order valence-electron chi connectivity index (χ3n) is 5.77. The maximum absolute atomic E-state index is 6.08. The van der Waals surface area contributed by atoms with Crippen molar-refractivity contribution in [3.05, 3.63) is 30.0 Å². The van der Waals surface area contributed by atoms with Crippen LogP contribution in [-0.2, 0) is 15.9 Å². The van der Waals surface area contributed by atoms with Crippen molar-refractivity contribution < 1.29 is 18.9 Å². The molecule has 0 unspecified atom stereocenters. The number of ether oxygens (including phenoxy) is 4. The molecule has 0 saturated carbocycles. The predicted molar refractivity (Wildman–Crippen MR) is 134 cm³/mol. The summed E-state index contributed by atoms with van der Waals surface area (Å²) in [6, 6.07) is 3.81. The van der Waals surface area contributed by atoms with Gasteiger partial charge in [0.05, 0.1) is 31.5 Å². The van der Waals surface area contributed by atoms with Gasteiger partial charge in [-0.2, -0.15) is 0 Å². The first-order chi connectivity index (χ1) is 15.0. The summed E-state index contributed by atoms with van der Waals surface area (Å²) in [4.78, 5) is 0. The SMILES string of the molecule is C=C(CCCOc1cc(N)c(CC)cc1OC)NCCCC(C)(C)OCCC(C)(C)OC. The molecule has 6 heteroatoms. The number of nitrogens with two attached hydrogens (primary N) is 1. The number of benzene rings is 1. The zero-order valence-electron chi connectivity index (χ0n) is 21.4. The van der Waals surface area contributed by atoms with Crippen molar-refractivity contribution in [3.63, 3.8) is 0 Å². The van der Waals surface area contributed by atoms with E-state index in [2.05, 4.69) is 46.5 Å². The van der Waals surface area contributed by atoms with Gasteiger partial charge in [0, 0.05) is 31.1 Å². The van der Waals surface area contributed by atoms with Crippen molar-refractivity contribution in [2.24, 2.45) is 0 Å². The van der Waals surface area contributed by atoms with E-state index in [1.807, 2.05) is 12.1 Å². The second-order valence-electron chi connectivity index (χ2n) is 9.46. The number of hydrogen-bond acceptors (Lipinski definition) is 6. The van der Waals surface area contributed by atoms with Crippen molar-refractivity contribution >= 4 is 5.69 Å². The molecule has 3 N–H and O–H groups in total. The Morgan fingerprint density at radius 3 is 2.34 bits per heavy atom. The van der Waals surface area contributed by atoms with E-state index in [1.54, 1.807) is 14.2 Å². The highest BCUT2D eigenvalue weighted by Gasteiger charge is 2.21. The van der Waals surface area contributed by atoms with E-state index in [0.717, 1.165) is 67.8 Å². The van der Waals surface area contributed by atoms with Crippen LogP contribution in [0.25, 0.3) is 0 Å². The molecule has 184 valence electrons. The van der Waals surface area contributed by atoms with Gasteiger partial charge in [0.2, 0.25) is 0 Å². The molecule has 0 saturated heterocycles. The fraction of sp³-hybridized carbons (Fsp3) is 0.692. The normalized spacial score (nSPS) is 12.0. The summed E-state index contributed by atoms with van der Waals surface area (Å²) in [5, 5.41) is 3.42. The topological polar surface area (TPSA) is 75.0 Å². The van der Waals surface area contributed by atoms with Crippen molar-refractivity contribution in [1.29, 1.82) is 0 Å². The van der Waals surface area contributed by atoms with E-state index < -0.39 is 0 Å². The largest absolute Gasteiger partial charge is 0.493 e. The Bertz CT molecular complexity index is 701. The van der Waals surface area contributed by atoms with Crippen molar-refractivity contribution in [1.82, 2.24) is 5.32 Å². The zero-order valence-corrected chi connectivity index (χ0v) is 21.4. The van der Waals surface area contributed by atoms with Gasteiger partial charge in [0.15, 0.2) is 11.5 Å². The van der Waals surface area contributed by atoms with Crippen LogP contribution in [0.4, 0.5) is 5.69 Å². The fourth-order valence-electron chi connectivity index (χ4n) is 3.28. The van der Waals surface area contributed by atoms with E-state index >= 15 is 0 Å². The van der Waals surface area contributed by atoms with Gasteiger partial charge in [-0.3, -0.25) is 0 Å². The lowest BCUT2D eigenvalue weighted by Crippen LogP contribution is -2.30. The van der Waals surface area contributed by atoms with Gasteiger partial charge in [-0.05, 0) is 77.8 Å². The molecule has 0 fully saturated rings. The Morgan fingerprint density at radius 1 is 1.00 bits per heavy atom. The van der Waals surface area contributed by atoms with Crippen molar-refractivity contribution in [3.8, 4) is 11.5 Å². The van der Waals surface area contributed by atoms with Crippen LogP contribution in [0.2, 0.25) is 0 Å². The van der Waals surface area contributed by atoms with Crippen LogP contribution in [0.3, 0.4) is 0 Å². The average molecular weight is 451 g/mol. The Hall–Kier alpha value is -1.92. The van der Waals surface area contributed by atoms with Gasteiger partial charge < -0.3 is 30.0 Å². The number of rotatable bonds is 17. The highest BCUT2D eigenvalue weighted by atomic mass is 16.5. The van der Waals surface area contributed by atoms with Crippen molar-refractivity contribution in [2.45, 2.75) is 84.3 Å². The minimum atomic E-state index is -0.144. The molecule has 1 aromatic rings. The van der Waals surface area contributed by atoms with E-state index in [4.69, 9.17) is 24.7 Å². The summed E-state index contributed by atoms with van der Waals surface area (Å²) in [6.07, 6.45) is 5.48. The zero-order chi connectivity index (χ0) is 24.2. The number of anilines is 1. The molecular formula is C26H46N2O4. The van der Waals surface area contributed by atoms with Crippen molar-refractivity contribution in [2.75, 3.05) is 39.7 Å².